The molecule has 2 amide bonds. The van der Waals surface area contributed by atoms with Crippen molar-refractivity contribution in [2.75, 3.05) is 132 Å². The molecule has 6 aromatic rings. The van der Waals surface area contributed by atoms with E-state index in [1.807, 2.05) is 80.7 Å². The summed E-state index contributed by atoms with van der Waals surface area (Å²) in [5, 5.41) is 47.2. The number of alkyl halides is 3. The smallest absolute Gasteiger partial charge is 0.416 e. The lowest BCUT2D eigenvalue weighted by Gasteiger charge is -2.38. The molecule has 6 aromatic carbocycles. The van der Waals surface area contributed by atoms with Crippen molar-refractivity contribution in [2.24, 2.45) is 0 Å². The number of aromatic carboxylic acids is 2. The number of carbonyl (C=O) groups is 4. The van der Waals surface area contributed by atoms with E-state index >= 15 is 0 Å². The molecule has 0 spiro atoms. The van der Waals surface area contributed by atoms with Gasteiger partial charge in [-0.25, -0.2) is 9.15 Å². The topological polar surface area (TPSA) is 231 Å². The molecule has 564 valence electrons. The summed E-state index contributed by atoms with van der Waals surface area (Å²) in [4.78, 5) is 66.9. The van der Waals surface area contributed by atoms with Crippen molar-refractivity contribution < 1.29 is 75.6 Å². The van der Waals surface area contributed by atoms with Crippen LogP contribution in [0.3, 0.4) is 0 Å². The van der Waals surface area contributed by atoms with Gasteiger partial charge in [-0.3, -0.25) is 19.7 Å². The molecule has 4 aliphatic rings. The van der Waals surface area contributed by atoms with Crippen LogP contribution in [0.25, 0.3) is 11.1 Å². The number of hydrogen-bond acceptors (Lipinski definition) is 14. The van der Waals surface area contributed by atoms with E-state index in [1.165, 1.54) is 63.2 Å². The zero-order chi connectivity index (χ0) is 77.8. The molecule has 25 heteroatoms. The molecule has 2 N–H and O–H groups in total. The molecule has 0 radical (unpaired) electrons. The number of fused-ring (bicyclic) bond motifs is 4. The van der Waals surface area contributed by atoms with E-state index in [0.717, 1.165) is 56.2 Å². The van der Waals surface area contributed by atoms with E-state index < -0.39 is 44.7 Å². The van der Waals surface area contributed by atoms with Gasteiger partial charge in [0.2, 0.25) is 0 Å². The van der Waals surface area contributed by atoms with Crippen molar-refractivity contribution in [3.8, 4) is 0 Å². The third-order valence-corrected chi connectivity index (χ3v) is 26.8. The summed E-state index contributed by atoms with van der Waals surface area (Å²) in [6, 6.07) is 30.8. The molecular weight excluding hydrogens is 1420 g/mol. The number of nitrogens with zero attached hydrogens (tertiary/aromatic N) is 5. The number of aryl methyl sites for hydroxylation is 3. The summed E-state index contributed by atoms with van der Waals surface area (Å²) in [6.45, 7) is 13.6. The summed E-state index contributed by atoms with van der Waals surface area (Å²) < 4.78 is 66.6. The number of ether oxygens (including phenoxy) is 4. The number of carboxylic acid groups (broad SMARTS) is 2. The van der Waals surface area contributed by atoms with Crippen LogP contribution < -0.4 is 41.0 Å². The zero-order valence-corrected chi connectivity index (χ0v) is 65.7. The quantitative estimate of drug-likeness (QED) is 0.0146. The lowest BCUT2D eigenvalue weighted by atomic mass is 9.86. The van der Waals surface area contributed by atoms with Gasteiger partial charge < -0.3 is 59.2 Å². The number of benzene rings is 6. The van der Waals surface area contributed by atoms with E-state index in [9.17, 15) is 52.7 Å². The first-order valence-corrected chi connectivity index (χ1v) is 41.8. The molecule has 0 saturated heterocycles. The Labute approximate surface area is 630 Å². The number of nitro groups is 1. The third-order valence-electron chi connectivity index (χ3n) is 19.5. The molecule has 0 unspecified atom stereocenters. The number of halogens is 4. The van der Waals surface area contributed by atoms with Crippen LogP contribution >= 0.6 is 11.6 Å². The van der Waals surface area contributed by atoms with Crippen molar-refractivity contribution in [1.29, 1.82) is 0 Å². The van der Waals surface area contributed by atoms with Crippen LogP contribution in [0, 0.1) is 17.0 Å². The molecule has 2 heterocycles. The van der Waals surface area contributed by atoms with Gasteiger partial charge in [0.1, 0.15) is 44.3 Å². The molecule has 2 aliphatic heterocycles. The van der Waals surface area contributed by atoms with Crippen LogP contribution in [-0.4, -0.2) is 188 Å². The number of hydrogen-bond donors (Lipinski definition) is 2. The number of nitro benzene ring substituents is 1. The second-order valence-electron chi connectivity index (χ2n) is 28.4. The molecule has 0 saturated carbocycles. The fourth-order valence-electron chi connectivity index (χ4n) is 13.6. The molecule has 0 fully saturated rings. The van der Waals surface area contributed by atoms with Crippen molar-refractivity contribution in [2.45, 2.75) is 65.0 Å². The highest BCUT2D eigenvalue weighted by Crippen LogP contribution is 2.45. The van der Waals surface area contributed by atoms with Crippen LogP contribution in [0.2, 0.25) is 31.2 Å². The molecular formula is C82H93ClF3N7O12Si2. The minimum atomic E-state index is -4.40. The Balaban J connectivity index is 0.000000247. The van der Waals surface area contributed by atoms with Gasteiger partial charge in [0.15, 0.2) is 11.4 Å². The molecule has 0 aromatic heterocycles. The Kier molecular flexibility index (Phi) is 26.9. The van der Waals surface area contributed by atoms with Gasteiger partial charge in [-0.2, -0.15) is 13.2 Å². The average molecular weight is 1520 g/mol. The highest BCUT2D eigenvalue weighted by molar-refractivity contribution is 6.98. The summed E-state index contributed by atoms with van der Waals surface area (Å²) in [6.07, 6.45) is 9.97. The average Bonchev–Trinajstić information content (AvgIpc) is 0.723. The summed E-state index contributed by atoms with van der Waals surface area (Å²) >= 11 is 5.89. The molecule has 107 heavy (non-hydrogen) atoms. The fourth-order valence-corrected chi connectivity index (χ4v) is 19.9. The van der Waals surface area contributed by atoms with E-state index in [0.29, 0.717) is 77.5 Å². The number of rotatable bonds is 29. The van der Waals surface area contributed by atoms with E-state index in [1.54, 1.807) is 37.3 Å². The van der Waals surface area contributed by atoms with Crippen LogP contribution in [0.1, 0.15) is 98.8 Å². The number of carbonyl (C=O) groups excluding carboxylic acids is 4. The maximum absolute atomic E-state index is 13.4. The molecule has 0 bridgehead atoms. The monoisotopic (exact) mass is 1520 g/mol. The molecule has 19 nitrogen and oxygen atoms in total. The lowest BCUT2D eigenvalue weighted by Crippen LogP contribution is -2.50. The number of amides is 2. The minimum absolute atomic E-state index is 0.000289. The predicted molar refractivity (Wildman–Crippen MR) is 417 cm³/mol. The van der Waals surface area contributed by atoms with Crippen molar-refractivity contribution in [3.05, 3.63) is 249 Å². The van der Waals surface area contributed by atoms with Gasteiger partial charge in [-0.05, 0) is 176 Å². The van der Waals surface area contributed by atoms with Crippen LogP contribution in [0.15, 0.2) is 167 Å². The van der Waals surface area contributed by atoms with Gasteiger partial charge in [-0.1, -0.05) is 85.8 Å². The van der Waals surface area contributed by atoms with Crippen LogP contribution in [0.4, 0.5) is 30.2 Å². The second-order valence-corrected chi connectivity index (χ2v) is 37.5. The largest absolute Gasteiger partial charge is 0.545 e. The number of nitrogens with one attached hydrogen (secondary N) is 2. The highest BCUT2D eigenvalue weighted by Gasteiger charge is 2.43. The van der Waals surface area contributed by atoms with E-state index in [4.69, 9.17) is 30.5 Å². The van der Waals surface area contributed by atoms with Gasteiger partial charge in [0.05, 0.1) is 62.1 Å². The first-order chi connectivity index (χ1) is 50.7. The molecule has 10 rings (SSSR count). The van der Waals surface area contributed by atoms with E-state index in [2.05, 4.69) is 104 Å². The first-order valence-electron chi connectivity index (χ1n) is 35.4. The highest BCUT2D eigenvalue weighted by atomic mass is 35.5. The van der Waals surface area contributed by atoms with E-state index in [-0.39, 0.29) is 86.7 Å². The second kappa shape index (κ2) is 35.4. The summed E-state index contributed by atoms with van der Waals surface area (Å²) in [5.74, 6) is -3.39. The standard InChI is InChI=1S/C42H48F3N3O5Si.C40H45ClN4O7Si/c1-27-10-11-28(36(23-27)42(43,44)45)9-8-19-52-21-22-53-20-18-46-40(49)29-12-15-32(41(50)51)35(24-29)39-33-16-13-30(47(2)3)25-37(33)54(6,7)38-26-31(48(4)5)14-17-34(38)39;1-43(2)29-12-15-32-36(24-29)53(5,6)37-25-30(44(3)4)13-16-33(37)38(32)34-22-27(10-14-31(34)40(47)48)39(46)42-17-19-52-21-20-51-18-7-8-26-9-11-28(41)23-35(26)45(49)50/h10-17,23-26H,8-9,18-22H2,1-7H3,(H-,46,49,50,51);9-16,22-25H,7-8,17-21H2,1-6H3,(H-,42,46,47,48). The van der Waals surface area contributed by atoms with Gasteiger partial charge >= 0.3 is 6.18 Å². The van der Waals surface area contributed by atoms with Gasteiger partial charge in [-0.15, -0.1) is 0 Å². The molecule has 0 atom stereocenters. The van der Waals surface area contributed by atoms with Gasteiger partial charge in [0.25, 0.3) is 17.5 Å². The SMILES string of the molecule is CN(C)c1ccc2c(c1)[Si](C)(C)C1=CC(=[N+](C)C)C=CC1=C2c1cc(C(=O)NCCOCCOCCCc2ccc(Cl)cc2[N+](=O)[O-])ccc1C(=O)[O-].Cc1ccc(CCCOCCOCCNC(=O)c2ccc(C(=O)[O-])c(C3=C4C=CC(=[N+](C)C)C=C4[Si](C)(C)c4cc(N(C)C)ccc43)c2)c(C(F)(F)F)c1. The Morgan fingerprint density at radius 3 is 1.35 bits per heavy atom. The Morgan fingerprint density at radius 2 is 0.944 bits per heavy atom. The van der Waals surface area contributed by atoms with Crippen LogP contribution in [0.5, 0.6) is 0 Å². The van der Waals surface area contributed by atoms with Gasteiger partial charge in [0, 0.05) is 129 Å². The minimum Gasteiger partial charge on any atom is -0.545 e. The van der Waals surface area contributed by atoms with Crippen molar-refractivity contribution >= 4 is 102 Å². The number of anilines is 2. The Hall–Kier alpha value is -9.67. The lowest BCUT2D eigenvalue weighted by molar-refractivity contribution is -0.462. The summed E-state index contributed by atoms with van der Waals surface area (Å²) in [7, 11) is 11.4. The normalized spacial score (nSPS) is 14.5. The number of carboxylic acids is 2. The first kappa shape index (κ1) is 81.4. The Morgan fingerprint density at radius 1 is 0.523 bits per heavy atom. The number of allylic oxidation sites excluding steroid dienone is 10. The van der Waals surface area contributed by atoms with Crippen molar-refractivity contribution in [1.82, 2.24) is 10.6 Å². The maximum atomic E-state index is 13.4. The molecule has 2 aliphatic carbocycles. The van der Waals surface area contributed by atoms with Crippen molar-refractivity contribution in [3.63, 3.8) is 0 Å². The third kappa shape index (κ3) is 19.4. The zero-order valence-electron chi connectivity index (χ0n) is 62.9. The fraction of sp³-hybridized carbons (Fsp3) is 0.341. The predicted octanol–water partition coefficient (Wildman–Crippen LogP) is 9.87. The Bertz CT molecular complexity index is 4710. The maximum Gasteiger partial charge on any atom is 0.416 e. The van der Waals surface area contributed by atoms with Crippen LogP contribution in [-0.2, 0) is 38.0 Å². The summed E-state index contributed by atoms with van der Waals surface area (Å²) in [5.41, 5.74) is 11.8.